The Kier molecular flexibility index (Phi) is 2.74. The SMILES string of the molecule is OC1CCSNNC1O. The predicted octanol–water partition coefficient (Wildman–Crippen LogP) is -1.19. The van der Waals surface area contributed by atoms with E-state index >= 15 is 0 Å². The molecule has 0 aromatic rings. The van der Waals surface area contributed by atoms with E-state index in [2.05, 4.69) is 10.3 Å². The van der Waals surface area contributed by atoms with Gasteiger partial charge in [0.25, 0.3) is 0 Å². The Morgan fingerprint density at radius 1 is 1.44 bits per heavy atom. The highest BCUT2D eigenvalue weighted by molar-refractivity contribution is 7.97. The summed E-state index contributed by atoms with van der Waals surface area (Å²) < 4.78 is 0. The molecule has 0 bridgehead atoms. The maximum atomic E-state index is 8.99. The van der Waals surface area contributed by atoms with Gasteiger partial charge in [-0.2, -0.15) is 4.83 Å². The molecule has 0 radical (unpaired) electrons. The van der Waals surface area contributed by atoms with Gasteiger partial charge in [0, 0.05) is 5.75 Å². The molecule has 5 heteroatoms. The molecule has 0 aromatic carbocycles. The van der Waals surface area contributed by atoms with Gasteiger partial charge >= 0.3 is 0 Å². The molecule has 0 amide bonds. The first-order valence-electron chi connectivity index (χ1n) is 2.79. The fourth-order valence-electron chi connectivity index (χ4n) is 0.587. The van der Waals surface area contributed by atoms with Crippen LogP contribution in [0.4, 0.5) is 0 Å². The largest absolute Gasteiger partial charge is 0.389 e. The lowest BCUT2D eigenvalue weighted by Gasteiger charge is -2.12. The number of aliphatic hydroxyl groups is 2. The lowest BCUT2D eigenvalue weighted by atomic mass is 10.2. The Labute approximate surface area is 57.7 Å². The Hall–Kier alpha value is 0.190. The molecule has 0 spiro atoms. The normalized spacial score (nSPS) is 38.0. The van der Waals surface area contributed by atoms with Gasteiger partial charge in [-0.1, -0.05) is 11.9 Å². The third kappa shape index (κ3) is 2.11. The number of nitrogens with one attached hydrogen (secondary N) is 2. The molecule has 0 aromatic heterocycles. The molecule has 4 nitrogen and oxygen atoms in total. The molecule has 1 rings (SSSR count). The fraction of sp³-hybridized carbons (Fsp3) is 1.00. The van der Waals surface area contributed by atoms with E-state index in [1.54, 1.807) is 0 Å². The molecule has 0 aliphatic carbocycles. The van der Waals surface area contributed by atoms with Crippen molar-refractivity contribution in [3.8, 4) is 0 Å². The van der Waals surface area contributed by atoms with Gasteiger partial charge in [-0.25, -0.2) is 5.43 Å². The smallest absolute Gasteiger partial charge is 0.144 e. The number of rotatable bonds is 0. The first kappa shape index (κ1) is 7.30. The summed E-state index contributed by atoms with van der Waals surface area (Å²) in [6, 6.07) is 0. The van der Waals surface area contributed by atoms with Gasteiger partial charge in [-0.15, -0.1) is 0 Å². The summed E-state index contributed by atoms with van der Waals surface area (Å²) in [5, 5.41) is 17.9. The lowest BCUT2D eigenvalue weighted by Crippen LogP contribution is -2.42. The van der Waals surface area contributed by atoms with Crippen molar-refractivity contribution in [1.82, 2.24) is 10.3 Å². The molecule has 1 aliphatic heterocycles. The zero-order chi connectivity index (χ0) is 6.69. The molecule has 1 heterocycles. The molecule has 2 unspecified atom stereocenters. The van der Waals surface area contributed by atoms with E-state index in [9.17, 15) is 0 Å². The van der Waals surface area contributed by atoms with Crippen molar-refractivity contribution in [3.63, 3.8) is 0 Å². The minimum absolute atomic E-state index is 0.617. The van der Waals surface area contributed by atoms with E-state index in [-0.39, 0.29) is 0 Å². The fourth-order valence-corrected chi connectivity index (χ4v) is 1.25. The molecule has 9 heavy (non-hydrogen) atoms. The molecular formula is C4H10N2O2S. The molecular weight excluding hydrogens is 140 g/mol. The Bertz CT molecular complexity index is 82.6. The van der Waals surface area contributed by atoms with E-state index in [0.717, 1.165) is 5.75 Å². The van der Waals surface area contributed by atoms with E-state index in [1.165, 1.54) is 11.9 Å². The van der Waals surface area contributed by atoms with Gasteiger partial charge in [0.15, 0.2) is 0 Å². The van der Waals surface area contributed by atoms with Gasteiger partial charge in [0.2, 0.25) is 0 Å². The minimum Gasteiger partial charge on any atom is -0.389 e. The second kappa shape index (κ2) is 3.38. The number of hydrogen-bond donors (Lipinski definition) is 4. The summed E-state index contributed by atoms with van der Waals surface area (Å²) in [6.07, 6.45) is -0.862. The topological polar surface area (TPSA) is 64.5 Å². The van der Waals surface area contributed by atoms with Crippen LogP contribution in [0, 0.1) is 0 Å². The van der Waals surface area contributed by atoms with Gasteiger partial charge in [-0.3, -0.25) is 0 Å². The van der Waals surface area contributed by atoms with Crippen molar-refractivity contribution in [1.29, 1.82) is 0 Å². The zero-order valence-electron chi connectivity index (χ0n) is 4.87. The lowest BCUT2D eigenvalue weighted by molar-refractivity contribution is -0.00328. The average molecular weight is 150 g/mol. The Morgan fingerprint density at radius 3 is 3.00 bits per heavy atom. The van der Waals surface area contributed by atoms with E-state index in [0.29, 0.717) is 6.42 Å². The maximum Gasteiger partial charge on any atom is 0.144 e. The highest BCUT2D eigenvalue weighted by Crippen LogP contribution is 2.05. The van der Waals surface area contributed by atoms with Crippen LogP contribution in [-0.2, 0) is 0 Å². The van der Waals surface area contributed by atoms with Crippen LogP contribution in [0.3, 0.4) is 0 Å². The van der Waals surface area contributed by atoms with Gasteiger partial charge < -0.3 is 10.2 Å². The van der Waals surface area contributed by atoms with Gasteiger partial charge in [0.05, 0.1) is 6.10 Å². The van der Waals surface area contributed by atoms with Crippen LogP contribution in [0.1, 0.15) is 6.42 Å². The van der Waals surface area contributed by atoms with Crippen LogP contribution in [0.25, 0.3) is 0 Å². The summed E-state index contributed by atoms with van der Waals surface area (Å²) in [5.41, 5.74) is 2.51. The Morgan fingerprint density at radius 2 is 2.22 bits per heavy atom. The van der Waals surface area contributed by atoms with E-state index < -0.39 is 12.3 Å². The van der Waals surface area contributed by atoms with Crippen molar-refractivity contribution in [3.05, 3.63) is 0 Å². The van der Waals surface area contributed by atoms with Crippen molar-refractivity contribution in [2.75, 3.05) is 5.75 Å². The van der Waals surface area contributed by atoms with Crippen LogP contribution >= 0.6 is 11.9 Å². The zero-order valence-corrected chi connectivity index (χ0v) is 5.69. The number of hydrogen-bond acceptors (Lipinski definition) is 5. The summed E-state index contributed by atoms with van der Waals surface area (Å²) in [7, 11) is 0. The molecule has 1 fully saturated rings. The standard InChI is InChI=1S/C4H10N2O2S/c7-3-1-2-9-6-5-4(3)8/h3-8H,1-2H2. The quantitative estimate of drug-likeness (QED) is 0.327. The van der Waals surface area contributed by atoms with Crippen molar-refractivity contribution in [2.45, 2.75) is 18.8 Å². The highest BCUT2D eigenvalue weighted by atomic mass is 32.2. The third-order valence-electron chi connectivity index (χ3n) is 1.16. The van der Waals surface area contributed by atoms with Crippen LogP contribution in [0.2, 0.25) is 0 Å². The second-order valence-electron chi connectivity index (χ2n) is 1.90. The molecule has 4 N–H and O–H groups in total. The summed E-state index contributed by atoms with van der Waals surface area (Å²) in [4.78, 5) is 2.68. The first-order valence-corrected chi connectivity index (χ1v) is 3.78. The number of hydrazine groups is 1. The first-order chi connectivity index (χ1) is 4.30. The minimum atomic E-state index is -0.833. The maximum absolute atomic E-state index is 8.99. The van der Waals surface area contributed by atoms with Crippen molar-refractivity contribution >= 4 is 11.9 Å². The van der Waals surface area contributed by atoms with Gasteiger partial charge in [0.1, 0.15) is 6.23 Å². The molecule has 54 valence electrons. The molecule has 2 atom stereocenters. The van der Waals surface area contributed by atoms with Crippen molar-refractivity contribution < 1.29 is 10.2 Å². The third-order valence-corrected chi connectivity index (χ3v) is 1.86. The molecule has 1 saturated heterocycles. The number of aliphatic hydroxyl groups excluding tert-OH is 2. The van der Waals surface area contributed by atoms with Crippen molar-refractivity contribution in [2.24, 2.45) is 0 Å². The molecule has 1 aliphatic rings. The van der Waals surface area contributed by atoms with E-state index in [4.69, 9.17) is 10.2 Å². The van der Waals surface area contributed by atoms with Gasteiger partial charge in [-0.05, 0) is 6.42 Å². The second-order valence-corrected chi connectivity index (χ2v) is 2.80. The monoisotopic (exact) mass is 150 g/mol. The predicted molar refractivity (Wildman–Crippen MR) is 35.4 cm³/mol. The highest BCUT2D eigenvalue weighted by Gasteiger charge is 2.17. The van der Waals surface area contributed by atoms with E-state index in [1.807, 2.05) is 0 Å². The summed E-state index contributed by atoms with van der Waals surface area (Å²) in [6.45, 7) is 0. The van der Waals surface area contributed by atoms with Crippen LogP contribution < -0.4 is 10.3 Å². The van der Waals surface area contributed by atoms with Crippen LogP contribution in [-0.4, -0.2) is 28.3 Å². The van der Waals surface area contributed by atoms with Crippen LogP contribution in [0.15, 0.2) is 0 Å². The summed E-state index contributed by atoms with van der Waals surface area (Å²) in [5.74, 6) is 0.811. The van der Waals surface area contributed by atoms with Crippen LogP contribution in [0.5, 0.6) is 0 Å². The summed E-state index contributed by atoms with van der Waals surface area (Å²) >= 11 is 1.44. The average Bonchev–Trinajstić information content (AvgIpc) is 1.99. The Balaban J connectivity index is 2.32. The molecule has 0 saturated carbocycles.